The first kappa shape index (κ1) is 12.9. The van der Waals surface area contributed by atoms with Gasteiger partial charge in [-0.05, 0) is 12.8 Å². The van der Waals surface area contributed by atoms with Gasteiger partial charge in [-0.15, -0.1) is 0 Å². The van der Waals surface area contributed by atoms with Crippen LogP contribution >= 0.6 is 12.2 Å². The van der Waals surface area contributed by atoms with Gasteiger partial charge in [-0.2, -0.15) is 4.31 Å². The van der Waals surface area contributed by atoms with Crippen LogP contribution < -0.4 is 5.73 Å². The van der Waals surface area contributed by atoms with Crippen LogP contribution in [0.5, 0.6) is 0 Å². The molecule has 0 aromatic carbocycles. The molecule has 0 aliphatic heterocycles. The fourth-order valence-electron chi connectivity index (χ4n) is 1.93. The molecule has 4 nitrogen and oxygen atoms in total. The summed E-state index contributed by atoms with van der Waals surface area (Å²) in [6.07, 6.45) is 4.69. The molecule has 0 spiro atoms. The van der Waals surface area contributed by atoms with Crippen molar-refractivity contribution in [3.8, 4) is 0 Å². The number of hydrogen-bond acceptors (Lipinski definition) is 3. The van der Waals surface area contributed by atoms with E-state index in [2.05, 4.69) is 0 Å². The van der Waals surface area contributed by atoms with Gasteiger partial charge in [0, 0.05) is 7.05 Å². The molecular weight excluding hydrogens is 232 g/mol. The summed E-state index contributed by atoms with van der Waals surface area (Å²) in [5.41, 5.74) is 5.34. The summed E-state index contributed by atoms with van der Waals surface area (Å²) in [4.78, 5) is 0.219. The monoisotopic (exact) mass is 250 g/mol. The molecule has 1 fully saturated rings. The number of hydrogen-bond donors (Lipinski definition) is 1. The highest BCUT2D eigenvalue weighted by atomic mass is 32.2. The molecular formula is C9H18N2O2S2. The van der Waals surface area contributed by atoms with Gasteiger partial charge in [0.2, 0.25) is 10.0 Å². The Morgan fingerprint density at radius 3 is 2.40 bits per heavy atom. The van der Waals surface area contributed by atoms with E-state index in [1.807, 2.05) is 0 Å². The minimum absolute atomic E-state index is 0.147. The molecule has 0 bridgehead atoms. The van der Waals surface area contributed by atoms with E-state index in [4.69, 9.17) is 18.0 Å². The Bertz CT molecular complexity index is 321. The van der Waals surface area contributed by atoms with Crippen molar-refractivity contribution in [2.75, 3.05) is 13.6 Å². The van der Waals surface area contributed by atoms with Crippen molar-refractivity contribution in [3.05, 3.63) is 0 Å². The quantitative estimate of drug-likeness (QED) is 0.752. The molecule has 0 aromatic heterocycles. The minimum Gasteiger partial charge on any atom is -0.392 e. The van der Waals surface area contributed by atoms with E-state index >= 15 is 0 Å². The summed E-state index contributed by atoms with van der Waals surface area (Å²) in [5.74, 6) is 0. The summed E-state index contributed by atoms with van der Waals surface area (Å²) < 4.78 is 25.3. The van der Waals surface area contributed by atoms with E-state index in [-0.39, 0.29) is 16.8 Å². The van der Waals surface area contributed by atoms with Crippen LogP contribution in [0.15, 0.2) is 0 Å². The van der Waals surface area contributed by atoms with Crippen molar-refractivity contribution >= 4 is 27.2 Å². The van der Waals surface area contributed by atoms with Crippen molar-refractivity contribution < 1.29 is 8.42 Å². The third-order valence-electron chi connectivity index (χ3n) is 2.79. The van der Waals surface area contributed by atoms with Crippen LogP contribution in [0.2, 0.25) is 0 Å². The molecule has 1 aliphatic rings. The Hall–Kier alpha value is -0.200. The Morgan fingerprint density at radius 2 is 1.93 bits per heavy atom. The molecule has 2 N–H and O–H groups in total. The molecule has 0 aromatic rings. The standard InChI is InChI=1S/C9H18N2O2S2/c1-11(7-9(10)14)15(12,13)8-5-3-2-4-6-8/h8H,2-7H2,1H3,(H2,10,14). The van der Waals surface area contributed by atoms with Crippen molar-refractivity contribution in [2.24, 2.45) is 5.73 Å². The van der Waals surface area contributed by atoms with Gasteiger partial charge in [-0.25, -0.2) is 8.42 Å². The first-order valence-electron chi connectivity index (χ1n) is 5.18. The van der Waals surface area contributed by atoms with E-state index in [0.717, 1.165) is 32.1 Å². The molecule has 0 heterocycles. The number of sulfonamides is 1. The maximum absolute atomic E-state index is 12.0. The van der Waals surface area contributed by atoms with Gasteiger partial charge in [0.1, 0.15) is 0 Å². The van der Waals surface area contributed by atoms with Gasteiger partial charge >= 0.3 is 0 Å². The van der Waals surface area contributed by atoms with Crippen molar-refractivity contribution in [3.63, 3.8) is 0 Å². The van der Waals surface area contributed by atoms with Gasteiger partial charge in [0.15, 0.2) is 0 Å². The van der Waals surface area contributed by atoms with Crippen molar-refractivity contribution in [1.82, 2.24) is 4.31 Å². The van der Waals surface area contributed by atoms with Crippen LogP contribution in [-0.2, 0) is 10.0 Å². The molecule has 1 rings (SSSR count). The number of nitrogens with two attached hydrogens (primary N) is 1. The second-order valence-electron chi connectivity index (χ2n) is 4.03. The Balaban J connectivity index is 2.67. The second-order valence-corrected chi connectivity index (χ2v) is 6.87. The second kappa shape index (κ2) is 5.23. The molecule has 0 amide bonds. The fourth-order valence-corrected chi connectivity index (χ4v) is 3.96. The first-order valence-corrected chi connectivity index (χ1v) is 7.09. The van der Waals surface area contributed by atoms with Crippen LogP contribution in [0.1, 0.15) is 32.1 Å². The predicted octanol–water partition coefficient (Wildman–Crippen LogP) is 0.867. The van der Waals surface area contributed by atoms with Crippen molar-refractivity contribution in [2.45, 2.75) is 37.4 Å². The van der Waals surface area contributed by atoms with Gasteiger partial charge in [0.25, 0.3) is 0 Å². The molecule has 0 saturated heterocycles. The highest BCUT2D eigenvalue weighted by Crippen LogP contribution is 2.25. The average Bonchev–Trinajstić information content (AvgIpc) is 2.18. The van der Waals surface area contributed by atoms with Crippen molar-refractivity contribution in [1.29, 1.82) is 0 Å². The molecule has 1 saturated carbocycles. The first-order chi connectivity index (χ1) is 6.94. The number of likely N-dealkylation sites (N-methyl/N-ethyl adjacent to an activating group) is 1. The predicted molar refractivity (Wildman–Crippen MR) is 65.2 cm³/mol. The highest BCUT2D eigenvalue weighted by molar-refractivity contribution is 7.89. The van der Waals surface area contributed by atoms with E-state index < -0.39 is 10.0 Å². The third-order valence-corrected chi connectivity index (χ3v) is 5.23. The average molecular weight is 250 g/mol. The summed E-state index contributed by atoms with van der Waals surface area (Å²) in [5, 5.41) is -0.231. The minimum atomic E-state index is -3.19. The van der Waals surface area contributed by atoms with E-state index in [9.17, 15) is 8.42 Å². The van der Waals surface area contributed by atoms with Gasteiger partial charge < -0.3 is 5.73 Å². The van der Waals surface area contributed by atoms with E-state index in [1.54, 1.807) is 7.05 Å². The van der Waals surface area contributed by atoms with E-state index in [1.165, 1.54) is 4.31 Å². The number of rotatable bonds is 4. The largest absolute Gasteiger partial charge is 0.392 e. The molecule has 88 valence electrons. The Morgan fingerprint density at radius 1 is 1.40 bits per heavy atom. The summed E-state index contributed by atoms with van der Waals surface area (Å²) in [6, 6.07) is 0. The normalized spacial score (nSPS) is 19.3. The van der Waals surface area contributed by atoms with E-state index in [0.29, 0.717) is 0 Å². The van der Waals surface area contributed by atoms with Gasteiger partial charge in [-0.3, -0.25) is 0 Å². The third kappa shape index (κ3) is 3.39. The lowest BCUT2D eigenvalue weighted by Gasteiger charge is -2.26. The number of nitrogens with zero attached hydrogens (tertiary/aromatic N) is 1. The SMILES string of the molecule is CN(CC(N)=S)S(=O)(=O)C1CCCCC1. The molecule has 0 radical (unpaired) electrons. The van der Waals surface area contributed by atoms with Crippen LogP contribution in [0, 0.1) is 0 Å². The molecule has 0 unspecified atom stereocenters. The van der Waals surface area contributed by atoms with Crippen LogP contribution in [0.3, 0.4) is 0 Å². The molecule has 6 heteroatoms. The molecule has 0 atom stereocenters. The zero-order chi connectivity index (χ0) is 11.5. The lowest BCUT2D eigenvalue weighted by molar-refractivity contribution is 0.443. The topological polar surface area (TPSA) is 63.4 Å². The summed E-state index contributed by atoms with van der Waals surface area (Å²) in [7, 11) is -1.65. The Labute approximate surface area is 96.9 Å². The fraction of sp³-hybridized carbons (Fsp3) is 0.889. The smallest absolute Gasteiger partial charge is 0.217 e. The molecule has 1 aliphatic carbocycles. The van der Waals surface area contributed by atoms with Gasteiger partial charge in [-0.1, -0.05) is 31.5 Å². The Kier molecular flexibility index (Phi) is 4.48. The summed E-state index contributed by atoms with van der Waals surface area (Å²) in [6.45, 7) is 0.147. The van der Waals surface area contributed by atoms with Crippen LogP contribution in [0.4, 0.5) is 0 Å². The highest BCUT2D eigenvalue weighted by Gasteiger charge is 2.30. The van der Waals surface area contributed by atoms with Crippen LogP contribution in [-0.4, -0.2) is 36.6 Å². The molecule has 15 heavy (non-hydrogen) atoms. The maximum atomic E-state index is 12.0. The lowest BCUT2D eigenvalue weighted by atomic mass is 10.0. The zero-order valence-corrected chi connectivity index (χ0v) is 10.6. The maximum Gasteiger partial charge on any atom is 0.217 e. The zero-order valence-electron chi connectivity index (χ0n) is 8.98. The lowest BCUT2D eigenvalue weighted by Crippen LogP contribution is -2.41. The summed E-state index contributed by atoms with van der Waals surface area (Å²) >= 11 is 4.71. The number of thiocarbonyl (C=S) groups is 1. The van der Waals surface area contributed by atoms with Crippen LogP contribution in [0.25, 0.3) is 0 Å². The van der Waals surface area contributed by atoms with Gasteiger partial charge in [0.05, 0.1) is 16.8 Å².